The molecule has 0 aliphatic rings. The molecule has 0 heterocycles. The zero-order valence-corrected chi connectivity index (χ0v) is 17.6. The first-order valence-electron chi connectivity index (χ1n) is 9.10. The van der Waals surface area contributed by atoms with Crippen molar-refractivity contribution in [1.82, 2.24) is 0 Å². The number of anilines is 2. The second-order valence-electron chi connectivity index (χ2n) is 6.50. The Labute approximate surface area is 179 Å². The number of nitro benzene ring substituents is 1. The standard InChI is InChI=1S/C21H20N4O5S/c1-15-5-3-4-6-16(15)14-22-23-20-12-9-18(25(26)27)13-21(20)31(28,29)24-17-7-10-19(30-2)11-8-17/h3-14,23-24H,1-2H3/b22-14-. The number of ether oxygens (including phenoxy) is 1. The number of hydrogen-bond acceptors (Lipinski definition) is 7. The van der Waals surface area contributed by atoms with E-state index < -0.39 is 14.9 Å². The molecule has 0 spiro atoms. The Kier molecular flexibility index (Phi) is 6.51. The first-order chi connectivity index (χ1) is 14.8. The minimum Gasteiger partial charge on any atom is -0.497 e. The number of non-ortho nitro benzene ring substituents is 1. The molecule has 10 heteroatoms. The number of sulfonamides is 1. The summed E-state index contributed by atoms with van der Waals surface area (Å²) in [6.45, 7) is 1.92. The highest BCUT2D eigenvalue weighted by Crippen LogP contribution is 2.28. The number of nitro groups is 1. The summed E-state index contributed by atoms with van der Waals surface area (Å²) in [6.07, 6.45) is 1.55. The third-order valence-electron chi connectivity index (χ3n) is 4.38. The molecule has 3 aromatic carbocycles. The Hall–Kier alpha value is -3.92. The SMILES string of the molecule is COc1ccc(NS(=O)(=O)c2cc([N+](=O)[O-])ccc2N/N=C\c2ccccc2C)cc1. The van der Waals surface area contributed by atoms with Gasteiger partial charge in [-0.2, -0.15) is 5.10 Å². The van der Waals surface area contributed by atoms with Crippen LogP contribution in [-0.4, -0.2) is 26.7 Å². The predicted molar refractivity (Wildman–Crippen MR) is 119 cm³/mol. The van der Waals surface area contributed by atoms with E-state index in [1.165, 1.54) is 31.4 Å². The summed E-state index contributed by atoms with van der Waals surface area (Å²) >= 11 is 0. The Morgan fingerprint density at radius 1 is 1.06 bits per heavy atom. The number of benzene rings is 3. The quantitative estimate of drug-likeness (QED) is 0.308. The molecule has 0 radical (unpaired) electrons. The lowest BCUT2D eigenvalue weighted by atomic mass is 10.1. The van der Waals surface area contributed by atoms with Crippen LogP contribution < -0.4 is 14.9 Å². The molecule has 0 aromatic heterocycles. The minimum absolute atomic E-state index is 0.0939. The normalized spacial score (nSPS) is 11.3. The molecule has 0 bridgehead atoms. The number of hydrogen-bond donors (Lipinski definition) is 2. The van der Waals surface area contributed by atoms with Crippen LogP contribution >= 0.6 is 0 Å². The Morgan fingerprint density at radius 3 is 2.42 bits per heavy atom. The van der Waals surface area contributed by atoms with Crippen LogP contribution in [0.1, 0.15) is 11.1 Å². The van der Waals surface area contributed by atoms with Crippen molar-refractivity contribution in [2.45, 2.75) is 11.8 Å². The smallest absolute Gasteiger partial charge is 0.270 e. The molecule has 0 fully saturated rings. The maximum atomic E-state index is 13.0. The van der Waals surface area contributed by atoms with Gasteiger partial charge in [0, 0.05) is 17.8 Å². The maximum Gasteiger partial charge on any atom is 0.270 e. The van der Waals surface area contributed by atoms with Crippen LogP contribution in [-0.2, 0) is 10.0 Å². The number of rotatable bonds is 8. The van der Waals surface area contributed by atoms with Gasteiger partial charge in [0.15, 0.2) is 0 Å². The molecule has 0 atom stereocenters. The lowest BCUT2D eigenvalue weighted by Crippen LogP contribution is -2.15. The number of methoxy groups -OCH3 is 1. The van der Waals surface area contributed by atoms with Crippen LogP contribution in [0.4, 0.5) is 17.1 Å². The monoisotopic (exact) mass is 440 g/mol. The number of aryl methyl sites for hydroxylation is 1. The van der Waals surface area contributed by atoms with Gasteiger partial charge in [0.05, 0.1) is 23.9 Å². The molecule has 3 rings (SSSR count). The first kappa shape index (κ1) is 21.8. The fourth-order valence-electron chi connectivity index (χ4n) is 2.71. The van der Waals surface area contributed by atoms with Gasteiger partial charge >= 0.3 is 0 Å². The largest absolute Gasteiger partial charge is 0.497 e. The predicted octanol–water partition coefficient (Wildman–Crippen LogP) is 4.16. The Balaban J connectivity index is 1.93. The van der Waals surface area contributed by atoms with Gasteiger partial charge in [-0.15, -0.1) is 0 Å². The highest BCUT2D eigenvalue weighted by Gasteiger charge is 2.22. The van der Waals surface area contributed by atoms with Crippen LogP contribution in [0.5, 0.6) is 5.75 Å². The molecule has 3 aromatic rings. The number of nitrogens with zero attached hydrogens (tertiary/aromatic N) is 2. The molecule has 0 unspecified atom stereocenters. The average molecular weight is 440 g/mol. The molecule has 9 nitrogen and oxygen atoms in total. The zero-order chi connectivity index (χ0) is 22.4. The van der Waals surface area contributed by atoms with E-state index in [1.54, 1.807) is 18.3 Å². The molecular weight excluding hydrogens is 420 g/mol. The lowest BCUT2D eigenvalue weighted by molar-refractivity contribution is -0.385. The van der Waals surface area contributed by atoms with Crippen LogP contribution in [0.25, 0.3) is 0 Å². The highest BCUT2D eigenvalue weighted by atomic mass is 32.2. The molecule has 0 amide bonds. The van der Waals surface area contributed by atoms with E-state index in [9.17, 15) is 18.5 Å². The van der Waals surface area contributed by atoms with Gasteiger partial charge in [0.2, 0.25) is 0 Å². The van der Waals surface area contributed by atoms with Crippen LogP contribution in [0.3, 0.4) is 0 Å². The number of hydrazone groups is 1. The lowest BCUT2D eigenvalue weighted by Gasteiger charge is -2.12. The average Bonchev–Trinajstić information content (AvgIpc) is 2.75. The van der Waals surface area contributed by atoms with Crippen molar-refractivity contribution in [2.75, 3.05) is 17.3 Å². The minimum atomic E-state index is -4.15. The van der Waals surface area contributed by atoms with Gasteiger partial charge in [-0.3, -0.25) is 20.3 Å². The van der Waals surface area contributed by atoms with Gasteiger partial charge in [-0.05, 0) is 48.4 Å². The summed E-state index contributed by atoms with van der Waals surface area (Å²) in [6, 6.07) is 17.3. The molecule has 160 valence electrons. The third kappa shape index (κ3) is 5.37. The molecule has 0 aliphatic heterocycles. The molecule has 0 saturated heterocycles. The van der Waals surface area contributed by atoms with E-state index in [-0.39, 0.29) is 22.0 Å². The second kappa shape index (κ2) is 9.26. The van der Waals surface area contributed by atoms with E-state index in [2.05, 4.69) is 15.2 Å². The van der Waals surface area contributed by atoms with Gasteiger partial charge in [0.25, 0.3) is 15.7 Å². The van der Waals surface area contributed by atoms with E-state index >= 15 is 0 Å². The summed E-state index contributed by atoms with van der Waals surface area (Å²) in [5, 5.41) is 15.3. The van der Waals surface area contributed by atoms with Crippen molar-refractivity contribution in [1.29, 1.82) is 0 Å². The summed E-state index contributed by atoms with van der Waals surface area (Å²) < 4.78 is 33.4. The van der Waals surface area contributed by atoms with Gasteiger partial charge in [-0.25, -0.2) is 8.42 Å². The number of nitrogens with one attached hydrogen (secondary N) is 2. The van der Waals surface area contributed by atoms with Gasteiger partial charge < -0.3 is 4.74 Å². The summed E-state index contributed by atoms with van der Waals surface area (Å²) in [7, 11) is -2.66. The topological polar surface area (TPSA) is 123 Å². The molecule has 0 saturated carbocycles. The van der Waals surface area contributed by atoms with Crippen molar-refractivity contribution >= 4 is 33.3 Å². The van der Waals surface area contributed by atoms with Gasteiger partial charge in [-0.1, -0.05) is 24.3 Å². The molecule has 31 heavy (non-hydrogen) atoms. The second-order valence-corrected chi connectivity index (χ2v) is 8.15. The van der Waals surface area contributed by atoms with E-state index in [1.807, 2.05) is 31.2 Å². The van der Waals surface area contributed by atoms with E-state index in [0.717, 1.165) is 17.2 Å². The third-order valence-corrected chi connectivity index (χ3v) is 5.81. The Morgan fingerprint density at radius 2 is 1.77 bits per heavy atom. The van der Waals surface area contributed by atoms with Gasteiger partial charge in [0.1, 0.15) is 10.6 Å². The maximum absolute atomic E-state index is 13.0. The zero-order valence-electron chi connectivity index (χ0n) is 16.8. The summed E-state index contributed by atoms with van der Waals surface area (Å²) in [4.78, 5) is 10.2. The summed E-state index contributed by atoms with van der Waals surface area (Å²) in [5.41, 5.74) is 4.52. The molecule has 0 aliphatic carbocycles. The van der Waals surface area contributed by atoms with Crippen molar-refractivity contribution in [3.8, 4) is 5.75 Å². The fourth-order valence-corrected chi connectivity index (χ4v) is 3.95. The van der Waals surface area contributed by atoms with Crippen molar-refractivity contribution in [3.63, 3.8) is 0 Å². The van der Waals surface area contributed by atoms with Crippen molar-refractivity contribution in [2.24, 2.45) is 5.10 Å². The van der Waals surface area contributed by atoms with Crippen LogP contribution in [0.15, 0.2) is 76.7 Å². The summed E-state index contributed by atoms with van der Waals surface area (Å²) in [5.74, 6) is 0.561. The molecule has 2 N–H and O–H groups in total. The van der Waals surface area contributed by atoms with Crippen molar-refractivity contribution in [3.05, 3.63) is 88.0 Å². The van der Waals surface area contributed by atoms with Crippen molar-refractivity contribution < 1.29 is 18.1 Å². The highest BCUT2D eigenvalue weighted by molar-refractivity contribution is 7.92. The molecular formula is C21H20N4O5S. The first-order valence-corrected chi connectivity index (χ1v) is 10.6. The Bertz CT molecular complexity index is 1220. The van der Waals surface area contributed by atoms with E-state index in [4.69, 9.17) is 4.74 Å². The van der Waals surface area contributed by atoms with E-state index in [0.29, 0.717) is 5.75 Å². The van der Waals surface area contributed by atoms with Crippen LogP contribution in [0, 0.1) is 17.0 Å². The van der Waals surface area contributed by atoms with Crippen LogP contribution in [0.2, 0.25) is 0 Å². The fraction of sp³-hybridized carbons (Fsp3) is 0.0952.